The van der Waals surface area contributed by atoms with Crippen LogP contribution in [-0.4, -0.2) is 23.8 Å². The van der Waals surface area contributed by atoms with Gasteiger partial charge in [-0.3, -0.25) is 4.79 Å². The molecule has 0 aliphatic heterocycles. The van der Waals surface area contributed by atoms with E-state index < -0.39 is 5.97 Å². The Kier molecular flexibility index (Phi) is 4.06. The summed E-state index contributed by atoms with van der Waals surface area (Å²) in [5, 5.41) is 0. The lowest BCUT2D eigenvalue weighted by molar-refractivity contribution is 0.0601. The highest BCUT2D eigenvalue weighted by atomic mass is 16.5. The molecule has 0 amide bonds. The number of aromatic amines is 1. The van der Waals surface area contributed by atoms with Crippen LogP contribution in [-0.2, 0) is 4.74 Å². The van der Waals surface area contributed by atoms with Crippen molar-refractivity contribution in [2.24, 2.45) is 0 Å². The molecule has 0 fully saturated rings. The van der Waals surface area contributed by atoms with Crippen molar-refractivity contribution >= 4 is 11.8 Å². The highest BCUT2D eigenvalue weighted by Crippen LogP contribution is 2.20. The van der Waals surface area contributed by atoms with Crippen LogP contribution in [0.5, 0.6) is 0 Å². The lowest BCUT2D eigenvalue weighted by Gasteiger charge is -2.03. The number of esters is 1. The molecule has 3 aromatic rings. The average Bonchev–Trinajstić information content (AvgIpc) is 3.11. The molecule has 0 aliphatic carbocycles. The van der Waals surface area contributed by atoms with Crippen LogP contribution in [0, 0.1) is 0 Å². The first kappa shape index (κ1) is 14.8. The second-order valence-electron chi connectivity index (χ2n) is 5.07. The molecule has 2 aromatic carbocycles. The van der Waals surface area contributed by atoms with Gasteiger partial charge >= 0.3 is 5.97 Å². The molecule has 0 bridgehead atoms. The van der Waals surface area contributed by atoms with Gasteiger partial charge in [0.1, 0.15) is 0 Å². The number of ether oxygens (including phenoxy) is 1. The monoisotopic (exact) mass is 305 g/mol. The second kappa shape index (κ2) is 6.32. The number of hydrogen-bond acceptors (Lipinski definition) is 3. The Balaban J connectivity index is 1.83. The van der Waals surface area contributed by atoms with Crippen molar-refractivity contribution in [2.45, 2.75) is 0 Å². The summed E-state index contributed by atoms with van der Waals surface area (Å²) >= 11 is 0. The molecule has 0 unspecified atom stereocenters. The molecule has 114 valence electrons. The highest BCUT2D eigenvalue weighted by molar-refractivity contribution is 6.09. The van der Waals surface area contributed by atoms with Crippen LogP contribution in [0.2, 0.25) is 0 Å². The van der Waals surface area contributed by atoms with E-state index in [4.69, 9.17) is 0 Å². The number of aromatic nitrogens is 1. The van der Waals surface area contributed by atoms with E-state index in [1.165, 1.54) is 19.4 Å². The maximum atomic E-state index is 12.4. The van der Waals surface area contributed by atoms with E-state index in [1.54, 1.807) is 12.1 Å². The van der Waals surface area contributed by atoms with Crippen molar-refractivity contribution in [3.8, 4) is 11.1 Å². The third kappa shape index (κ3) is 3.06. The van der Waals surface area contributed by atoms with Gasteiger partial charge in [0.25, 0.3) is 0 Å². The molecular formula is C19H15NO3. The van der Waals surface area contributed by atoms with Crippen molar-refractivity contribution in [2.75, 3.05) is 7.11 Å². The summed E-state index contributed by atoms with van der Waals surface area (Å²) < 4.78 is 4.63. The number of carbonyl (C=O) groups excluding carboxylic acids is 2. The van der Waals surface area contributed by atoms with E-state index in [2.05, 4.69) is 9.72 Å². The zero-order valence-electron chi connectivity index (χ0n) is 12.6. The van der Waals surface area contributed by atoms with Crippen LogP contribution in [0.4, 0.5) is 0 Å². The van der Waals surface area contributed by atoms with Crippen LogP contribution >= 0.6 is 0 Å². The van der Waals surface area contributed by atoms with Crippen LogP contribution in [0.1, 0.15) is 26.4 Å². The fourth-order valence-electron chi connectivity index (χ4n) is 2.36. The van der Waals surface area contributed by atoms with Crippen molar-refractivity contribution in [3.05, 3.63) is 83.7 Å². The summed E-state index contributed by atoms with van der Waals surface area (Å²) in [4.78, 5) is 26.7. The van der Waals surface area contributed by atoms with Gasteiger partial charge in [-0.05, 0) is 17.2 Å². The molecule has 0 radical (unpaired) electrons. The Morgan fingerprint density at radius 2 is 1.52 bits per heavy atom. The molecule has 0 spiro atoms. The van der Waals surface area contributed by atoms with E-state index >= 15 is 0 Å². The first-order valence-corrected chi connectivity index (χ1v) is 7.16. The predicted octanol–water partition coefficient (Wildman–Crippen LogP) is 3.70. The van der Waals surface area contributed by atoms with E-state index in [9.17, 15) is 9.59 Å². The molecular weight excluding hydrogens is 290 g/mol. The summed E-state index contributed by atoms with van der Waals surface area (Å²) in [7, 11) is 1.30. The summed E-state index contributed by atoms with van der Waals surface area (Å²) in [6.07, 6.45) is 1.47. The Morgan fingerprint density at radius 1 is 0.870 bits per heavy atom. The van der Waals surface area contributed by atoms with Gasteiger partial charge in [-0.2, -0.15) is 0 Å². The fraction of sp³-hybridized carbons (Fsp3) is 0.0526. The van der Waals surface area contributed by atoms with E-state index in [-0.39, 0.29) is 5.78 Å². The summed E-state index contributed by atoms with van der Waals surface area (Å²) in [6, 6.07) is 18.8. The number of H-pyrrole nitrogens is 1. The maximum absolute atomic E-state index is 12.4. The van der Waals surface area contributed by atoms with Crippen LogP contribution in [0.25, 0.3) is 11.1 Å². The number of hydrogen-bond donors (Lipinski definition) is 1. The minimum Gasteiger partial charge on any atom is -0.465 e. The van der Waals surface area contributed by atoms with Gasteiger partial charge in [0.05, 0.1) is 18.4 Å². The SMILES string of the molecule is COC(=O)c1c[nH]c(C(=O)c2ccc(-c3ccccc3)cc2)c1. The fourth-order valence-corrected chi connectivity index (χ4v) is 2.36. The highest BCUT2D eigenvalue weighted by Gasteiger charge is 2.15. The van der Waals surface area contributed by atoms with Crippen LogP contribution < -0.4 is 0 Å². The average molecular weight is 305 g/mol. The smallest absolute Gasteiger partial charge is 0.339 e. The largest absolute Gasteiger partial charge is 0.465 e. The molecule has 1 N–H and O–H groups in total. The summed E-state index contributed by atoms with van der Waals surface area (Å²) in [5.74, 6) is -0.639. The molecule has 0 saturated heterocycles. The van der Waals surface area contributed by atoms with Gasteiger partial charge in [-0.25, -0.2) is 4.79 Å². The van der Waals surface area contributed by atoms with Gasteiger partial charge in [0.2, 0.25) is 5.78 Å². The Hall–Kier alpha value is -3.14. The van der Waals surface area contributed by atoms with Gasteiger partial charge in [-0.1, -0.05) is 54.6 Å². The molecule has 0 aliphatic rings. The minimum absolute atomic E-state index is 0.167. The first-order chi connectivity index (χ1) is 11.2. The summed E-state index contributed by atoms with van der Waals surface area (Å²) in [5.41, 5.74) is 3.39. The third-order valence-electron chi connectivity index (χ3n) is 3.60. The number of carbonyl (C=O) groups is 2. The number of methoxy groups -OCH3 is 1. The Labute approximate surface area is 133 Å². The van der Waals surface area contributed by atoms with Gasteiger partial charge < -0.3 is 9.72 Å². The zero-order chi connectivity index (χ0) is 16.2. The Morgan fingerprint density at radius 3 is 2.17 bits per heavy atom. The minimum atomic E-state index is -0.472. The third-order valence-corrected chi connectivity index (χ3v) is 3.60. The Bertz CT molecular complexity index is 833. The predicted molar refractivity (Wildman–Crippen MR) is 87.4 cm³/mol. The maximum Gasteiger partial charge on any atom is 0.339 e. The van der Waals surface area contributed by atoms with Crippen molar-refractivity contribution < 1.29 is 14.3 Å². The van der Waals surface area contributed by atoms with E-state index in [1.807, 2.05) is 42.5 Å². The van der Waals surface area contributed by atoms with Crippen molar-refractivity contribution in [1.29, 1.82) is 0 Å². The number of benzene rings is 2. The zero-order valence-corrected chi connectivity index (χ0v) is 12.6. The molecule has 1 aromatic heterocycles. The molecule has 0 atom stereocenters. The lowest BCUT2D eigenvalue weighted by atomic mass is 10.0. The topological polar surface area (TPSA) is 59.2 Å². The standard InChI is InChI=1S/C19H15NO3/c1-23-19(22)16-11-17(20-12-16)18(21)15-9-7-14(8-10-15)13-5-3-2-4-6-13/h2-12,20H,1H3. The molecule has 23 heavy (non-hydrogen) atoms. The lowest BCUT2D eigenvalue weighted by Crippen LogP contribution is -2.02. The van der Waals surface area contributed by atoms with Gasteiger partial charge in [0.15, 0.2) is 0 Å². The summed E-state index contributed by atoms with van der Waals surface area (Å²) in [6.45, 7) is 0. The number of ketones is 1. The first-order valence-electron chi connectivity index (χ1n) is 7.16. The second-order valence-corrected chi connectivity index (χ2v) is 5.07. The molecule has 0 saturated carbocycles. The molecule has 4 heteroatoms. The van der Waals surface area contributed by atoms with Crippen LogP contribution in [0.15, 0.2) is 66.9 Å². The van der Waals surface area contributed by atoms with E-state index in [0.29, 0.717) is 16.8 Å². The molecule has 3 rings (SSSR count). The quantitative estimate of drug-likeness (QED) is 0.590. The number of nitrogens with one attached hydrogen (secondary N) is 1. The molecule has 1 heterocycles. The van der Waals surface area contributed by atoms with E-state index in [0.717, 1.165) is 11.1 Å². The molecule has 4 nitrogen and oxygen atoms in total. The van der Waals surface area contributed by atoms with Crippen molar-refractivity contribution in [1.82, 2.24) is 4.98 Å². The number of rotatable bonds is 4. The van der Waals surface area contributed by atoms with Crippen LogP contribution in [0.3, 0.4) is 0 Å². The van der Waals surface area contributed by atoms with Crippen molar-refractivity contribution in [3.63, 3.8) is 0 Å². The normalized spacial score (nSPS) is 10.3. The van der Waals surface area contributed by atoms with Gasteiger partial charge in [-0.15, -0.1) is 0 Å². The van der Waals surface area contributed by atoms with Gasteiger partial charge in [0, 0.05) is 11.8 Å².